The van der Waals surface area contributed by atoms with Gasteiger partial charge in [-0.15, -0.1) is 6.58 Å². The lowest BCUT2D eigenvalue weighted by atomic mass is 10.1. The maximum absolute atomic E-state index is 11.9. The van der Waals surface area contributed by atoms with E-state index >= 15 is 0 Å². The molecule has 3 heteroatoms. The van der Waals surface area contributed by atoms with Gasteiger partial charge < -0.3 is 10.2 Å². The van der Waals surface area contributed by atoms with E-state index in [0.29, 0.717) is 5.91 Å². The van der Waals surface area contributed by atoms with Crippen LogP contribution < -0.4 is 5.32 Å². The van der Waals surface area contributed by atoms with Crippen molar-refractivity contribution in [2.45, 2.75) is 77.0 Å². The molecule has 22 heavy (non-hydrogen) atoms. The molecule has 0 atom stereocenters. The van der Waals surface area contributed by atoms with Crippen LogP contribution in [0.15, 0.2) is 12.7 Å². The summed E-state index contributed by atoms with van der Waals surface area (Å²) < 4.78 is 0. The van der Waals surface area contributed by atoms with Crippen LogP contribution >= 0.6 is 0 Å². The number of amides is 1. The van der Waals surface area contributed by atoms with Crippen molar-refractivity contribution in [2.24, 2.45) is 0 Å². The van der Waals surface area contributed by atoms with Crippen LogP contribution in [0.1, 0.15) is 77.0 Å². The molecule has 0 saturated carbocycles. The summed E-state index contributed by atoms with van der Waals surface area (Å²) in [6, 6.07) is 0. The number of rotatable bonds is 14. The topological polar surface area (TPSA) is 32.3 Å². The Hall–Kier alpha value is -0.830. The zero-order valence-corrected chi connectivity index (χ0v) is 14.5. The van der Waals surface area contributed by atoms with Crippen LogP contribution in [-0.2, 0) is 4.79 Å². The van der Waals surface area contributed by atoms with Crippen LogP contribution in [0.2, 0.25) is 0 Å². The summed E-state index contributed by atoms with van der Waals surface area (Å²) in [5.74, 6) is 0.391. The Bertz CT molecular complexity index is 285. The standard InChI is InChI=1S/C19H36N2O/c1-2-15-20-16-11-9-7-5-3-4-6-8-10-14-19(22)21-17-12-13-18-21/h2,20H,1,3-18H2. The quantitative estimate of drug-likeness (QED) is 0.383. The molecule has 1 rings (SSSR count). The van der Waals surface area contributed by atoms with Gasteiger partial charge in [0.2, 0.25) is 5.91 Å². The van der Waals surface area contributed by atoms with E-state index in [1.54, 1.807) is 0 Å². The normalized spacial score (nSPS) is 14.5. The predicted molar refractivity (Wildman–Crippen MR) is 95.1 cm³/mol. The van der Waals surface area contributed by atoms with Gasteiger partial charge in [-0.25, -0.2) is 0 Å². The van der Waals surface area contributed by atoms with Crippen LogP contribution in [0.5, 0.6) is 0 Å². The monoisotopic (exact) mass is 308 g/mol. The molecule has 0 unspecified atom stereocenters. The Morgan fingerprint density at radius 1 is 0.909 bits per heavy atom. The fourth-order valence-corrected chi connectivity index (χ4v) is 3.09. The molecule has 0 aromatic rings. The molecule has 1 heterocycles. The lowest BCUT2D eigenvalue weighted by Gasteiger charge is -2.14. The van der Waals surface area contributed by atoms with E-state index in [-0.39, 0.29) is 0 Å². The number of hydrogen-bond acceptors (Lipinski definition) is 2. The Kier molecular flexibility index (Phi) is 12.1. The number of likely N-dealkylation sites (tertiary alicyclic amines) is 1. The van der Waals surface area contributed by atoms with Gasteiger partial charge in [0.1, 0.15) is 0 Å². The highest BCUT2D eigenvalue weighted by Gasteiger charge is 2.16. The molecular formula is C19H36N2O. The smallest absolute Gasteiger partial charge is 0.222 e. The van der Waals surface area contributed by atoms with Crippen molar-refractivity contribution in [1.82, 2.24) is 10.2 Å². The zero-order valence-electron chi connectivity index (χ0n) is 14.5. The van der Waals surface area contributed by atoms with Crippen molar-refractivity contribution in [3.63, 3.8) is 0 Å². The van der Waals surface area contributed by atoms with Crippen LogP contribution in [-0.4, -0.2) is 37.0 Å². The largest absolute Gasteiger partial charge is 0.343 e. The van der Waals surface area contributed by atoms with Crippen molar-refractivity contribution < 1.29 is 4.79 Å². The molecule has 1 saturated heterocycles. The summed E-state index contributed by atoms with van der Waals surface area (Å²) in [7, 11) is 0. The van der Waals surface area contributed by atoms with Crippen molar-refractivity contribution in [1.29, 1.82) is 0 Å². The summed E-state index contributed by atoms with van der Waals surface area (Å²) in [6.07, 6.45) is 16.8. The Labute approximate surface area is 137 Å². The first-order chi connectivity index (χ1) is 10.8. The summed E-state index contributed by atoms with van der Waals surface area (Å²) in [6.45, 7) is 7.75. The van der Waals surface area contributed by atoms with Crippen molar-refractivity contribution >= 4 is 5.91 Å². The Balaban J connectivity index is 1.74. The fourth-order valence-electron chi connectivity index (χ4n) is 3.09. The van der Waals surface area contributed by atoms with Gasteiger partial charge in [0.25, 0.3) is 0 Å². The Morgan fingerprint density at radius 2 is 1.45 bits per heavy atom. The molecule has 1 fully saturated rings. The average Bonchev–Trinajstić information content (AvgIpc) is 3.06. The third-order valence-corrected chi connectivity index (χ3v) is 4.49. The highest BCUT2D eigenvalue weighted by molar-refractivity contribution is 5.76. The minimum atomic E-state index is 0.391. The van der Waals surface area contributed by atoms with Crippen molar-refractivity contribution in [3.05, 3.63) is 12.7 Å². The summed E-state index contributed by atoms with van der Waals surface area (Å²) in [5, 5.41) is 3.34. The molecule has 0 radical (unpaired) electrons. The number of hydrogen-bond donors (Lipinski definition) is 1. The van der Waals surface area contributed by atoms with Gasteiger partial charge in [-0.3, -0.25) is 4.79 Å². The van der Waals surface area contributed by atoms with E-state index in [0.717, 1.165) is 39.0 Å². The first-order valence-electron chi connectivity index (χ1n) is 9.44. The highest BCUT2D eigenvalue weighted by atomic mass is 16.2. The zero-order chi connectivity index (χ0) is 15.9. The molecule has 0 aliphatic carbocycles. The summed E-state index contributed by atoms with van der Waals surface area (Å²) in [4.78, 5) is 13.9. The molecule has 3 nitrogen and oxygen atoms in total. The molecule has 1 aliphatic rings. The molecular weight excluding hydrogens is 272 g/mol. The van der Waals surface area contributed by atoms with E-state index in [1.165, 1.54) is 64.2 Å². The number of nitrogens with zero attached hydrogens (tertiary/aromatic N) is 1. The molecule has 1 aliphatic heterocycles. The second-order valence-electron chi connectivity index (χ2n) is 6.51. The van der Waals surface area contributed by atoms with E-state index in [2.05, 4.69) is 11.9 Å². The fraction of sp³-hybridized carbons (Fsp3) is 0.842. The highest BCUT2D eigenvalue weighted by Crippen LogP contribution is 2.13. The molecule has 0 bridgehead atoms. The van der Waals surface area contributed by atoms with Gasteiger partial charge in [-0.05, 0) is 32.2 Å². The van der Waals surface area contributed by atoms with Crippen LogP contribution in [0.3, 0.4) is 0 Å². The SMILES string of the molecule is C=CCNCCCCCCCCCCCC(=O)N1CCCC1. The second kappa shape index (κ2) is 13.8. The first-order valence-corrected chi connectivity index (χ1v) is 9.44. The lowest BCUT2D eigenvalue weighted by molar-refractivity contribution is -0.130. The van der Waals surface area contributed by atoms with Crippen molar-refractivity contribution in [2.75, 3.05) is 26.2 Å². The van der Waals surface area contributed by atoms with Gasteiger partial charge in [0, 0.05) is 26.1 Å². The minimum absolute atomic E-state index is 0.391. The number of carbonyl (C=O) groups is 1. The predicted octanol–water partition coefficient (Wildman–Crippen LogP) is 4.29. The van der Waals surface area contributed by atoms with Gasteiger partial charge >= 0.3 is 0 Å². The molecule has 1 N–H and O–H groups in total. The van der Waals surface area contributed by atoms with E-state index in [4.69, 9.17) is 0 Å². The van der Waals surface area contributed by atoms with Gasteiger partial charge in [-0.1, -0.05) is 51.0 Å². The van der Waals surface area contributed by atoms with Crippen LogP contribution in [0.25, 0.3) is 0 Å². The molecule has 128 valence electrons. The minimum Gasteiger partial charge on any atom is -0.343 e. The molecule has 0 aromatic carbocycles. The van der Waals surface area contributed by atoms with Crippen molar-refractivity contribution in [3.8, 4) is 0 Å². The summed E-state index contributed by atoms with van der Waals surface area (Å²) >= 11 is 0. The van der Waals surface area contributed by atoms with Gasteiger partial charge in [-0.2, -0.15) is 0 Å². The van der Waals surface area contributed by atoms with Gasteiger partial charge in [0.05, 0.1) is 0 Å². The van der Waals surface area contributed by atoms with Gasteiger partial charge in [0.15, 0.2) is 0 Å². The number of carbonyl (C=O) groups excluding carboxylic acids is 1. The molecule has 0 aromatic heterocycles. The third-order valence-electron chi connectivity index (χ3n) is 4.49. The molecule has 1 amide bonds. The lowest BCUT2D eigenvalue weighted by Crippen LogP contribution is -2.27. The van der Waals surface area contributed by atoms with E-state index < -0.39 is 0 Å². The number of unbranched alkanes of at least 4 members (excludes halogenated alkanes) is 8. The van der Waals surface area contributed by atoms with E-state index in [9.17, 15) is 4.79 Å². The van der Waals surface area contributed by atoms with Crippen LogP contribution in [0.4, 0.5) is 0 Å². The maximum Gasteiger partial charge on any atom is 0.222 e. The third kappa shape index (κ3) is 9.99. The number of nitrogens with one attached hydrogen (secondary N) is 1. The molecule has 0 spiro atoms. The summed E-state index contributed by atoms with van der Waals surface area (Å²) in [5.41, 5.74) is 0. The maximum atomic E-state index is 11.9. The Morgan fingerprint density at radius 3 is 2.05 bits per heavy atom. The van der Waals surface area contributed by atoms with E-state index in [1.807, 2.05) is 11.0 Å². The second-order valence-corrected chi connectivity index (χ2v) is 6.51. The first kappa shape index (κ1) is 19.2. The average molecular weight is 309 g/mol. The van der Waals surface area contributed by atoms with Crippen LogP contribution in [0, 0.1) is 0 Å².